The second-order valence-electron chi connectivity index (χ2n) is 5.43. The molecule has 0 saturated heterocycles. The van der Waals surface area contributed by atoms with Gasteiger partial charge in [-0.05, 0) is 30.5 Å². The maximum Gasteiger partial charge on any atom is 0.254 e. The molecule has 4 N–H and O–H groups in total. The minimum Gasteiger partial charge on any atom is -0.398 e. The molecule has 0 atom stereocenters. The minimum atomic E-state index is -0.442. The number of hydrogen-bond donors (Lipinski definition) is 2. The summed E-state index contributed by atoms with van der Waals surface area (Å²) >= 11 is 0. The van der Waals surface area contributed by atoms with E-state index in [4.69, 9.17) is 11.5 Å². The van der Waals surface area contributed by atoms with Crippen LogP contribution in [0.15, 0.2) is 18.2 Å². The molecule has 0 radical (unpaired) electrons. The number of nitrogens with two attached hydrogens (primary N) is 2. The molecule has 0 fully saturated rings. The van der Waals surface area contributed by atoms with E-state index in [9.17, 15) is 4.79 Å². The third kappa shape index (κ3) is 2.12. The lowest BCUT2D eigenvalue weighted by atomic mass is 9.98. The van der Waals surface area contributed by atoms with E-state index in [2.05, 4.69) is 16.1 Å². The third-order valence-corrected chi connectivity index (χ3v) is 4.05. The van der Waals surface area contributed by atoms with E-state index in [-0.39, 0.29) is 0 Å². The van der Waals surface area contributed by atoms with Crippen molar-refractivity contribution in [2.45, 2.75) is 19.9 Å². The number of carbonyl (C=O) groups is 1. The number of nitrogens with zero attached hydrogens (tertiary/aromatic N) is 3. The van der Waals surface area contributed by atoms with E-state index in [0.717, 1.165) is 30.0 Å². The molecule has 1 aromatic carbocycles. The number of rotatable bonds is 2. The van der Waals surface area contributed by atoms with Gasteiger partial charge in [0.25, 0.3) is 5.91 Å². The molecule has 110 valence electrons. The van der Waals surface area contributed by atoms with Gasteiger partial charge in [-0.2, -0.15) is 5.10 Å². The summed E-state index contributed by atoms with van der Waals surface area (Å²) in [5.41, 5.74) is 15.9. The molecule has 0 saturated carbocycles. The van der Waals surface area contributed by atoms with Gasteiger partial charge in [-0.15, -0.1) is 0 Å². The second kappa shape index (κ2) is 4.80. The SMILES string of the molecule is Cc1nn(C)c(N2CCc3cccc(N)c3C2)c1C(N)=O. The maximum absolute atomic E-state index is 11.7. The minimum absolute atomic E-state index is 0.442. The molecule has 2 heterocycles. The quantitative estimate of drug-likeness (QED) is 0.805. The molecule has 2 aromatic rings. The van der Waals surface area contributed by atoms with Crippen LogP contribution in [0.3, 0.4) is 0 Å². The van der Waals surface area contributed by atoms with Crippen molar-refractivity contribution in [3.63, 3.8) is 0 Å². The molecule has 1 amide bonds. The first-order chi connectivity index (χ1) is 9.99. The van der Waals surface area contributed by atoms with Crippen LogP contribution in [0.1, 0.15) is 27.2 Å². The third-order valence-electron chi connectivity index (χ3n) is 4.05. The van der Waals surface area contributed by atoms with E-state index in [1.807, 2.05) is 19.2 Å². The first-order valence-corrected chi connectivity index (χ1v) is 6.93. The standard InChI is InChI=1S/C15H19N5O/c1-9-13(14(17)21)15(19(2)18-9)20-7-6-10-4-3-5-12(16)11(10)8-20/h3-5H,6-8,16H2,1-2H3,(H2,17,21). The van der Waals surface area contributed by atoms with Crippen molar-refractivity contribution in [1.82, 2.24) is 9.78 Å². The van der Waals surface area contributed by atoms with Crippen LogP contribution in [0.2, 0.25) is 0 Å². The first kappa shape index (κ1) is 13.5. The average molecular weight is 285 g/mol. The molecule has 0 aliphatic carbocycles. The Kier molecular flexibility index (Phi) is 3.08. The van der Waals surface area contributed by atoms with Crippen LogP contribution in [-0.2, 0) is 20.0 Å². The van der Waals surface area contributed by atoms with Crippen LogP contribution in [-0.4, -0.2) is 22.2 Å². The molecule has 3 rings (SSSR count). The summed E-state index contributed by atoms with van der Waals surface area (Å²) in [6.07, 6.45) is 0.892. The average Bonchev–Trinajstić information content (AvgIpc) is 2.74. The van der Waals surface area contributed by atoms with Crippen LogP contribution < -0.4 is 16.4 Å². The highest BCUT2D eigenvalue weighted by molar-refractivity contribution is 5.99. The van der Waals surface area contributed by atoms with E-state index in [1.54, 1.807) is 11.6 Å². The zero-order valence-corrected chi connectivity index (χ0v) is 12.3. The molecule has 6 nitrogen and oxygen atoms in total. The molecule has 1 aromatic heterocycles. The molecular weight excluding hydrogens is 266 g/mol. The number of nitrogen functional groups attached to an aromatic ring is 1. The van der Waals surface area contributed by atoms with Crippen LogP contribution in [0.5, 0.6) is 0 Å². The van der Waals surface area contributed by atoms with Gasteiger partial charge in [0.05, 0.1) is 5.69 Å². The highest BCUT2D eigenvalue weighted by Crippen LogP contribution is 2.30. The smallest absolute Gasteiger partial charge is 0.254 e. The van der Waals surface area contributed by atoms with Crippen LogP contribution in [0.4, 0.5) is 11.5 Å². The van der Waals surface area contributed by atoms with E-state index < -0.39 is 5.91 Å². The van der Waals surface area contributed by atoms with Crippen molar-refractivity contribution in [2.24, 2.45) is 12.8 Å². The van der Waals surface area contributed by atoms with Crippen molar-refractivity contribution in [3.05, 3.63) is 40.6 Å². The molecular formula is C15H19N5O. The predicted molar refractivity (Wildman–Crippen MR) is 82.1 cm³/mol. The number of aryl methyl sites for hydroxylation is 2. The lowest BCUT2D eigenvalue weighted by Crippen LogP contribution is -2.34. The fraction of sp³-hybridized carbons (Fsp3) is 0.333. The summed E-state index contributed by atoms with van der Waals surface area (Å²) in [5.74, 6) is 0.330. The van der Waals surface area contributed by atoms with Gasteiger partial charge in [0, 0.05) is 25.8 Å². The summed E-state index contributed by atoms with van der Waals surface area (Å²) in [6, 6.07) is 5.99. The Balaban J connectivity index is 2.04. The Morgan fingerprint density at radius 1 is 1.38 bits per heavy atom. The van der Waals surface area contributed by atoms with Gasteiger partial charge in [0.2, 0.25) is 0 Å². The molecule has 6 heteroatoms. The largest absolute Gasteiger partial charge is 0.398 e. The fourth-order valence-corrected chi connectivity index (χ4v) is 3.08. The van der Waals surface area contributed by atoms with Crippen molar-refractivity contribution in [1.29, 1.82) is 0 Å². The summed E-state index contributed by atoms with van der Waals surface area (Å²) in [6.45, 7) is 3.28. The summed E-state index contributed by atoms with van der Waals surface area (Å²) in [7, 11) is 1.83. The van der Waals surface area contributed by atoms with Gasteiger partial charge in [0.15, 0.2) is 0 Å². The van der Waals surface area contributed by atoms with Crippen molar-refractivity contribution in [2.75, 3.05) is 17.2 Å². The Bertz CT molecular complexity index is 719. The van der Waals surface area contributed by atoms with Crippen molar-refractivity contribution in [3.8, 4) is 0 Å². The maximum atomic E-state index is 11.7. The Morgan fingerprint density at radius 3 is 2.86 bits per heavy atom. The Morgan fingerprint density at radius 2 is 2.14 bits per heavy atom. The van der Waals surface area contributed by atoms with Gasteiger partial charge >= 0.3 is 0 Å². The van der Waals surface area contributed by atoms with Gasteiger partial charge in [-0.1, -0.05) is 12.1 Å². The summed E-state index contributed by atoms with van der Waals surface area (Å²) < 4.78 is 1.72. The predicted octanol–water partition coefficient (Wildman–Crippen LogP) is 0.972. The summed E-state index contributed by atoms with van der Waals surface area (Å²) in [4.78, 5) is 13.9. The Labute approximate surface area is 123 Å². The van der Waals surface area contributed by atoms with Crippen molar-refractivity contribution >= 4 is 17.4 Å². The normalized spacial score (nSPS) is 14.1. The molecule has 0 unspecified atom stereocenters. The van der Waals surface area contributed by atoms with E-state index in [1.165, 1.54) is 5.56 Å². The molecule has 0 bridgehead atoms. The second-order valence-corrected chi connectivity index (χ2v) is 5.43. The number of anilines is 2. The highest BCUT2D eigenvalue weighted by atomic mass is 16.1. The summed E-state index contributed by atoms with van der Waals surface area (Å²) in [5, 5.41) is 4.33. The van der Waals surface area contributed by atoms with Gasteiger partial charge < -0.3 is 16.4 Å². The number of primary amides is 1. The monoisotopic (exact) mass is 285 g/mol. The molecule has 1 aliphatic rings. The highest BCUT2D eigenvalue weighted by Gasteiger charge is 2.26. The molecule has 21 heavy (non-hydrogen) atoms. The zero-order valence-electron chi connectivity index (χ0n) is 12.3. The zero-order chi connectivity index (χ0) is 15.1. The van der Waals surface area contributed by atoms with Crippen molar-refractivity contribution < 1.29 is 4.79 Å². The van der Waals surface area contributed by atoms with Crippen LogP contribution in [0, 0.1) is 6.92 Å². The number of amides is 1. The van der Waals surface area contributed by atoms with Gasteiger partial charge in [-0.25, -0.2) is 0 Å². The number of aromatic nitrogens is 2. The topological polar surface area (TPSA) is 90.2 Å². The number of carbonyl (C=O) groups excluding carboxylic acids is 1. The van der Waals surface area contributed by atoms with Gasteiger partial charge in [-0.3, -0.25) is 9.48 Å². The molecule has 0 spiro atoms. The van der Waals surface area contributed by atoms with E-state index in [0.29, 0.717) is 17.8 Å². The van der Waals surface area contributed by atoms with Crippen LogP contribution in [0.25, 0.3) is 0 Å². The Hall–Kier alpha value is -2.50. The van der Waals surface area contributed by atoms with Gasteiger partial charge in [0.1, 0.15) is 11.4 Å². The number of benzene rings is 1. The lowest BCUT2D eigenvalue weighted by Gasteiger charge is -2.31. The van der Waals surface area contributed by atoms with E-state index >= 15 is 0 Å². The lowest BCUT2D eigenvalue weighted by molar-refractivity contribution is 0.1000. The molecule has 1 aliphatic heterocycles. The number of hydrogen-bond acceptors (Lipinski definition) is 4. The first-order valence-electron chi connectivity index (χ1n) is 6.93. The van der Waals surface area contributed by atoms with Crippen LogP contribution >= 0.6 is 0 Å². The fourth-order valence-electron chi connectivity index (χ4n) is 3.08. The number of fused-ring (bicyclic) bond motifs is 1.